The van der Waals surface area contributed by atoms with Gasteiger partial charge in [-0.15, -0.1) is 0 Å². The van der Waals surface area contributed by atoms with Gasteiger partial charge in [-0.2, -0.15) is 0 Å². The van der Waals surface area contributed by atoms with Crippen LogP contribution in [-0.4, -0.2) is 39.5 Å². The van der Waals surface area contributed by atoms with Gasteiger partial charge in [-0.1, -0.05) is 0 Å². The molecule has 0 amide bonds. The zero-order valence-electron chi connectivity index (χ0n) is 5.72. The molecule has 0 spiro atoms. The van der Waals surface area contributed by atoms with Crippen LogP contribution in [0.4, 0.5) is 0 Å². The molecule has 0 rings (SSSR count). The van der Waals surface area contributed by atoms with Crippen LogP contribution < -0.4 is 74.0 Å². The minimum atomic E-state index is -2.38. The summed E-state index contributed by atoms with van der Waals surface area (Å²) in [4.78, 5) is 19.4. The number of aliphatic hydroxyl groups excluding tert-OH is 2. The monoisotopic (exact) mass is 282 g/mol. The van der Waals surface area contributed by atoms with Gasteiger partial charge in [0.2, 0.25) is 0 Å². The summed E-state index contributed by atoms with van der Waals surface area (Å²) in [6.45, 7) is 0. The van der Waals surface area contributed by atoms with E-state index in [1.807, 2.05) is 0 Å². The molecule has 58 valence electrons. The van der Waals surface area contributed by atoms with E-state index in [1.54, 1.807) is 0 Å². The van der Waals surface area contributed by atoms with Crippen molar-refractivity contribution in [1.82, 2.24) is 0 Å². The Morgan fingerprint density at radius 3 is 1.64 bits per heavy atom. The van der Waals surface area contributed by atoms with Gasteiger partial charge in [0.15, 0.2) is 6.10 Å². The van der Waals surface area contributed by atoms with Crippen LogP contribution in [0.25, 0.3) is 0 Å². The van der Waals surface area contributed by atoms with Crippen molar-refractivity contribution >= 4 is 11.9 Å². The molecule has 6 nitrogen and oxygen atoms in total. The Labute approximate surface area is 121 Å². The van der Waals surface area contributed by atoms with Gasteiger partial charge in [0.1, 0.15) is 6.10 Å². The van der Waals surface area contributed by atoms with Crippen molar-refractivity contribution in [3.8, 4) is 0 Å². The Morgan fingerprint density at radius 1 is 1.18 bits per heavy atom. The molecule has 2 atom stereocenters. The van der Waals surface area contributed by atoms with E-state index in [1.165, 1.54) is 0 Å². The van der Waals surface area contributed by atoms with Crippen molar-refractivity contribution in [2.24, 2.45) is 0 Å². The molecule has 7 heteroatoms. The number of rotatable bonds is 3. The molecule has 0 aliphatic rings. The summed E-state index contributed by atoms with van der Waals surface area (Å²) in [6, 6.07) is 0. The normalized spacial score (nSPS) is 14.4. The minimum absolute atomic E-state index is 0. The number of aliphatic hydroxyl groups is 2. The van der Waals surface area contributed by atoms with E-state index in [0.29, 0.717) is 0 Å². The van der Waals surface area contributed by atoms with Crippen LogP contribution in [-0.2, 0) is 9.59 Å². The molecule has 0 saturated carbocycles. The van der Waals surface area contributed by atoms with E-state index in [2.05, 4.69) is 0 Å². The standard InChI is InChI=1S/C4H6O6.Cs/c5-1(3(7)8)2(6)4(9)10;/h1-2,5-6H,(H,7,8)(H,9,10);/q;+1/p-1. The average Bonchev–Trinajstić information content (AvgIpc) is 1.84. The Morgan fingerprint density at radius 2 is 1.55 bits per heavy atom. The van der Waals surface area contributed by atoms with Crippen molar-refractivity contribution in [2.75, 3.05) is 0 Å². The summed E-state index contributed by atoms with van der Waals surface area (Å²) in [5.74, 6) is -3.83. The minimum Gasteiger partial charge on any atom is -0.547 e. The molecular weight excluding hydrogens is 277 g/mol. The van der Waals surface area contributed by atoms with Gasteiger partial charge in [-0.3, -0.25) is 0 Å². The molecule has 11 heavy (non-hydrogen) atoms. The first-order chi connectivity index (χ1) is 4.46. The van der Waals surface area contributed by atoms with Crippen LogP contribution in [0.5, 0.6) is 0 Å². The fourth-order valence-electron chi connectivity index (χ4n) is 0.264. The summed E-state index contributed by atoms with van der Waals surface area (Å²) in [6.07, 6.45) is -4.71. The molecule has 2 unspecified atom stereocenters. The number of hydrogen-bond acceptors (Lipinski definition) is 5. The second kappa shape index (κ2) is 6.43. The van der Waals surface area contributed by atoms with Gasteiger partial charge in [-0.05, 0) is 0 Å². The molecule has 0 aromatic carbocycles. The van der Waals surface area contributed by atoms with Crippen LogP contribution in [0.15, 0.2) is 0 Å². The number of carboxylic acids is 2. The number of aliphatic carboxylic acids is 2. The number of carboxylic acid groups (broad SMARTS) is 2. The molecule has 0 saturated heterocycles. The molecule has 0 radical (unpaired) electrons. The topological polar surface area (TPSA) is 118 Å². The van der Waals surface area contributed by atoms with E-state index >= 15 is 0 Å². The predicted molar refractivity (Wildman–Crippen MR) is 24.7 cm³/mol. The third-order valence-electron chi connectivity index (χ3n) is 0.794. The van der Waals surface area contributed by atoms with Gasteiger partial charge in [0, 0.05) is 0 Å². The van der Waals surface area contributed by atoms with E-state index in [9.17, 15) is 14.7 Å². The Kier molecular flexibility index (Phi) is 8.44. The Hall–Kier alpha value is 0.912. The first-order valence-electron chi connectivity index (χ1n) is 2.26. The maximum absolute atomic E-state index is 9.74. The van der Waals surface area contributed by atoms with Crippen LogP contribution in [0.2, 0.25) is 0 Å². The van der Waals surface area contributed by atoms with Crippen molar-refractivity contribution in [3.05, 3.63) is 0 Å². The van der Waals surface area contributed by atoms with E-state index in [4.69, 9.17) is 15.3 Å². The molecule has 0 fully saturated rings. The number of carbonyl (C=O) groups excluding carboxylic acids is 1. The second-order valence-electron chi connectivity index (χ2n) is 1.55. The second-order valence-corrected chi connectivity index (χ2v) is 1.55. The number of hydrogen-bond donors (Lipinski definition) is 3. The Bertz CT molecular complexity index is 139. The van der Waals surface area contributed by atoms with Crippen molar-refractivity contribution in [2.45, 2.75) is 12.2 Å². The fraction of sp³-hybridized carbons (Fsp3) is 0.500. The summed E-state index contributed by atoms with van der Waals surface area (Å²) in [5, 5.41) is 34.1. The molecule has 0 heterocycles. The van der Waals surface area contributed by atoms with Gasteiger partial charge in [-0.25, -0.2) is 4.79 Å². The molecular formula is C4H5CsO6. The third-order valence-corrected chi connectivity index (χ3v) is 0.794. The molecule has 0 aliphatic carbocycles. The van der Waals surface area contributed by atoms with Crippen molar-refractivity contribution in [3.63, 3.8) is 0 Å². The maximum Gasteiger partial charge on any atom is 1.00 e. The van der Waals surface area contributed by atoms with Gasteiger partial charge < -0.3 is 25.2 Å². The first-order valence-corrected chi connectivity index (χ1v) is 2.26. The maximum atomic E-state index is 9.74. The van der Waals surface area contributed by atoms with Crippen LogP contribution in [0.1, 0.15) is 0 Å². The molecule has 3 N–H and O–H groups in total. The van der Waals surface area contributed by atoms with Crippen molar-refractivity contribution in [1.29, 1.82) is 0 Å². The summed E-state index contributed by atoms with van der Waals surface area (Å²) >= 11 is 0. The van der Waals surface area contributed by atoms with Crippen LogP contribution in [0.3, 0.4) is 0 Å². The molecule has 0 aliphatic heterocycles. The quantitative estimate of drug-likeness (QED) is 0.474. The summed E-state index contributed by atoms with van der Waals surface area (Å²) in [7, 11) is 0. The Balaban J connectivity index is 0. The van der Waals surface area contributed by atoms with Gasteiger partial charge >= 0.3 is 74.9 Å². The van der Waals surface area contributed by atoms with Gasteiger partial charge in [0.25, 0.3) is 0 Å². The van der Waals surface area contributed by atoms with E-state index < -0.39 is 24.1 Å². The summed E-state index contributed by atoms with van der Waals surface area (Å²) < 4.78 is 0. The fourth-order valence-corrected chi connectivity index (χ4v) is 0.264. The molecule has 0 bridgehead atoms. The predicted octanol–water partition coefficient (Wildman–Crippen LogP) is -6.45. The first kappa shape index (κ1) is 14.4. The number of carbonyl (C=O) groups is 2. The van der Waals surface area contributed by atoms with E-state index in [-0.39, 0.29) is 68.9 Å². The summed E-state index contributed by atoms with van der Waals surface area (Å²) in [5.41, 5.74) is 0. The molecule has 0 aromatic heterocycles. The third kappa shape index (κ3) is 5.20. The smallest absolute Gasteiger partial charge is 0.547 e. The van der Waals surface area contributed by atoms with Crippen LogP contribution >= 0.6 is 0 Å². The van der Waals surface area contributed by atoms with Crippen molar-refractivity contribution < 1.29 is 98.9 Å². The zero-order valence-corrected chi connectivity index (χ0v) is 12.0. The van der Waals surface area contributed by atoms with Crippen LogP contribution in [0, 0.1) is 0 Å². The average molecular weight is 282 g/mol. The SMILES string of the molecule is O=C([O-])C(O)C(O)C(=O)O.[Cs+]. The largest absolute Gasteiger partial charge is 1.00 e. The molecule has 0 aromatic rings. The zero-order chi connectivity index (χ0) is 8.31. The van der Waals surface area contributed by atoms with E-state index in [0.717, 1.165) is 0 Å². The van der Waals surface area contributed by atoms with Gasteiger partial charge in [0.05, 0.1) is 5.97 Å².